The third kappa shape index (κ3) is 4.40. The molecule has 1 aromatic rings. The molecule has 1 heterocycles. The van der Waals surface area contributed by atoms with Crippen LogP contribution in [0.3, 0.4) is 0 Å². The zero-order chi connectivity index (χ0) is 16.9. The number of nitrogens with zero attached hydrogens (tertiary/aromatic N) is 1. The summed E-state index contributed by atoms with van der Waals surface area (Å²) in [6, 6.07) is 7.51. The number of ether oxygens (including phenoxy) is 1. The van der Waals surface area contributed by atoms with Gasteiger partial charge in [0.2, 0.25) is 5.91 Å². The average molecular weight is 358 g/mol. The van der Waals surface area contributed by atoms with E-state index in [-0.39, 0.29) is 19.1 Å². The number of halogens is 1. The van der Waals surface area contributed by atoms with Crippen molar-refractivity contribution in [2.45, 2.75) is 17.7 Å². The van der Waals surface area contributed by atoms with Crippen LogP contribution in [0, 0.1) is 5.41 Å². The van der Waals surface area contributed by atoms with Gasteiger partial charge in [-0.15, -0.1) is 11.8 Å². The third-order valence-corrected chi connectivity index (χ3v) is 5.51. The highest BCUT2D eigenvalue weighted by atomic mass is 35.5. The van der Waals surface area contributed by atoms with Crippen LogP contribution in [0.25, 0.3) is 0 Å². The van der Waals surface area contributed by atoms with Gasteiger partial charge in [-0.3, -0.25) is 9.59 Å². The summed E-state index contributed by atoms with van der Waals surface area (Å²) in [4.78, 5) is 26.3. The number of aliphatic carboxylic acids is 1. The van der Waals surface area contributed by atoms with Crippen LogP contribution in [0.5, 0.6) is 0 Å². The van der Waals surface area contributed by atoms with Crippen LogP contribution in [0.4, 0.5) is 0 Å². The van der Waals surface area contributed by atoms with Crippen LogP contribution in [0.15, 0.2) is 29.2 Å². The van der Waals surface area contributed by atoms with Crippen molar-refractivity contribution in [2.75, 3.05) is 32.6 Å². The van der Waals surface area contributed by atoms with Crippen molar-refractivity contribution < 1.29 is 19.4 Å². The Bertz CT molecular complexity index is 583. The molecular formula is C16H20ClNO4S. The molecule has 126 valence electrons. The Hall–Kier alpha value is -1.24. The second kappa shape index (κ2) is 8.04. The van der Waals surface area contributed by atoms with E-state index in [1.54, 1.807) is 4.90 Å². The first kappa shape index (κ1) is 18.1. The summed E-state index contributed by atoms with van der Waals surface area (Å²) in [5.41, 5.74) is -0.972. The first-order chi connectivity index (χ1) is 11.0. The lowest BCUT2D eigenvalue weighted by atomic mass is 9.88. The normalized spacial score (nSPS) is 20.7. The summed E-state index contributed by atoms with van der Waals surface area (Å²) in [6.07, 6.45) is 0.790. The van der Waals surface area contributed by atoms with Gasteiger partial charge in [0.1, 0.15) is 5.41 Å². The molecule has 1 saturated heterocycles. The van der Waals surface area contributed by atoms with Crippen LogP contribution in [0.1, 0.15) is 12.8 Å². The molecule has 5 nitrogen and oxygen atoms in total. The SMILES string of the molecule is COCC1(C(=O)O)CCN(C(=O)CCSc2ccccc2Cl)C1. The van der Waals surface area contributed by atoms with Crippen molar-refractivity contribution in [1.29, 1.82) is 0 Å². The predicted octanol–water partition coefficient (Wildman–Crippen LogP) is 2.77. The van der Waals surface area contributed by atoms with Gasteiger partial charge in [0.05, 0.1) is 11.6 Å². The van der Waals surface area contributed by atoms with Gasteiger partial charge >= 0.3 is 5.97 Å². The zero-order valence-corrected chi connectivity index (χ0v) is 14.5. The minimum atomic E-state index is -0.972. The number of carbonyl (C=O) groups excluding carboxylic acids is 1. The number of hydrogen-bond donors (Lipinski definition) is 1. The Labute approximate surface area is 144 Å². The number of likely N-dealkylation sites (tertiary alicyclic amines) is 1. The Morgan fingerprint density at radius 3 is 2.83 bits per heavy atom. The number of benzene rings is 1. The minimum absolute atomic E-state index is 0.0243. The Morgan fingerprint density at radius 1 is 1.43 bits per heavy atom. The van der Waals surface area contributed by atoms with Crippen LogP contribution < -0.4 is 0 Å². The molecule has 0 saturated carbocycles. The maximum absolute atomic E-state index is 12.3. The van der Waals surface area contributed by atoms with E-state index in [1.807, 2.05) is 24.3 Å². The maximum atomic E-state index is 12.3. The first-order valence-corrected chi connectivity index (χ1v) is 8.72. The molecule has 1 aromatic carbocycles. The molecule has 0 bridgehead atoms. The van der Waals surface area contributed by atoms with E-state index in [4.69, 9.17) is 16.3 Å². The van der Waals surface area contributed by atoms with E-state index in [0.717, 1.165) is 4.90 Å². The van der Waals surface area contributed by atoms with E-state index < -0.39 is 11.4 Å². The van der Waals surface area contributed by atoms with Gasteiger partial charge in [0.25, 0.3) is 0 Å². The topological polar surface area (TPSA) is 66.8 Å². The molecule has 0 radical (unpaired) electrons. The molecule has 2 rings (SSSR count). The number of carboxylic acid groups (broad SMARTS) is 1. The van der Waals surface area contributed by atoms with Crippen LogP contribution in [0.2, 0.25) is 5.02 Å². The van der Waals surface area contributed by atoms with Gasteiger partial charge in [-0.2, -0.15) is 0 Å². The fourth-order valence-electron chi connectivity index (χ4n) is 2.68. The summed E-state index contributed by atoms with van der Waals surface area (Å²) in [5, 5.41) is 10.1. The van der Waals surface area contributed by atoms with Crippen molar-refractivity contribution in [2.24, 2.45) is 5.41 Å². The van der Waals surface area contributed by atoms with Crippen LogP contribution >= 0.6 is 23.4 Å². The monoisotopic (exact) mass is 357 g/mol. The summed E-state index contributed by atoms with van der Waals surface area (Å²) in [7, 11) is 1.48. The number of hydrogen-bond acceptors (Lipinski definition) is 4. The molecule has 1 fully saturated rings. The van der Waals surface area contributed by atoms with Crippen molar-refractivity contribution in [3.8, 4) is 0 Å². The summed E-state index contributed by atoms with van der Waals surface area (Å²) in [5.74, 6) is -0.312. The minimum Gasteiger partial charge on any atom is -0.481 e. The van der Waals surface area contributed by atoms with Crippen molar-refractivity contribution in [3.63, 3.8) is 0 Å². The number of methoxy groups -OCH3 is 1. The lowest BCUT2D eigenvalue weighted by molar-refractivity contribution is -0.151. The maximum Gasteiger partial charge on any atom is 0.313 e. The van der Waals surface area contributed by atoms with E-state index in [2.05, 4.69) is 0 Å². The number of carbonyl (C=O) groups is 2. The summed E-state index contributed by atoms with van der Waals surface area (Å²) < 4.78 is 5.03. The van der Waals surface area contributed by atoms with Gasteiger partial charge in [-0.1, -0.05) is 23.7 Å². The second-order valence-corrected chi connectivity index (χ2v) is 7.16. The molecule has 1 atom stereocenters. The van der Waals surface area contributed by atoms with E-state index in [0.29, 0.717) is 30.2 Å². The molecule has 23 heavy (non-hydrogen) atoms. The highest BCUT2D eigenvalue weighted by Crippen LogP contribution is 2.32. The van der Waals surface area contributed by atoms with Gasteiger partial charge in [0.15, 0.2) is 0 Å². The highest BCUT2D eigenvalue weighted by Gasteiger charge is 2.46. The van der Waals surface area contributed by atoms with E-state index >= 15 is 0 Å². The fraction of sp³-hybridized carbons (Fsp3) is 0.500. The lowest BCUT2D eigenvalue weighted by Crippen LogP contribution is -2.40. The lowest BCUT2D eigenvalue weighted by Gasteiger charge is -2.23. The summed E-state index contributed by atoms with van der Waals surface area (Å²) in [6.45, 7) is 0.803. The van der Waals surface area contributed by atoms with Crippen molar-refractivity contribution >= 4 is 35.2 Å². The fourth-order valence-corrected chi connectivity index (χ4v) is 3.86. The molecule has 1 N–H and O–H groups in total. The van der Waals surface area contributed by atoms with Crippen LogP contribution in [-0.4, -0.2) is 54.4 Å². The van der Waals surface area contributed by atoms with Crippen molar-refractivity contribution in [3.05, 3.63) is 29.3 Å². The predicted molar refractivity (Wildman–Crippen MR) is 89.9 cm³/mol. The Balaban J connectivity index is 1.85. The van der Waals surface area contributed by atoms with Crippen molar-refractivity contribution in [1.82, 2.24) is 4.90 Å². The smallest absolute Gasteiger partial charge is 0.313 e. The molecule has 0 aliphatic carbocycles. The van der Waals surface area contributed by atoms with E-state index in [1.165, 1.54) is 18.9 Å². The second-order valence-electron chi connectivity index (χ2n) is 5.61. The molecule has 1 unspecified atom stereocenters. The number of thioether (sulfide) groups is 1. The number of carboxylic acids is 1. The molecule has 0 aromatic heterocycles. The molecule has 1 aliphatic rings. The zero-order valence-electron chi connectivity index (χ0n) is 13.0. The average Bonchev–Trinajstić information content (AvgIpc) is 2.95. The highest BCUT2D eigenvalue weighted by molar-refractivity contribution is 7.99. The van der Waals surface area contributed by atoms with E-state index in [9.17, 15) is 14.7 Å². The van der Waals surface area contributed by atoms with Crippen LogP contribution in [-0.2, 0) is 14.3 Å². The molecule has 1 amide bonds. The molecule has 1 aliphatic heterocycles. The standard InChI is InChI=1S/C16H20ClNO4S/c1-22-11-16(15(20)21)7-8-18(10-16)14(19)6-9-23-13-5-3-2-4-12(13)17/h2-5H,6-11H2,1H3,(H,20,21). The first-order valence-electron chi connectivity index (χ1n) is 7.36. The Morgan fingerprint density at radius 2 is 2.17 bits per heavy atom. The largest absolute Gasteiger partial charge is 0.481 e. The molecular weight excluding hydrogens is 338 g/mol. The number of rotatable bonds is 7. The van der Waals surface area contributed by atoms with Gasteiger partial charge in [-0.25, -0.2) is 0 Å². The quantitative estimate of drug-likeness (QED) is 0.760. The Kier molecular flexibility index (Phi) is 6.33. The molecule has 7 heteroatoms. The van der Waals surface area contributed by atoms with Gasteiger partial charge < -0.3 is 14.7 Å². The van der Waals surface area contributed by atoms with Gasteiger partial charge in [-0.05, 0) is 18.6 Å². The number of amides is 1. The third-order valence-electron chi connectivity index (χ3n) is 3.99. The van der Waals surface area contributed by atoms with Gasteiger partial charge in [0, 0.05) is 37.3 Å². The summed E-state index contributed by atoms with van der Waals surface area (Å²) >= 11 is 7.61. The molecule has 0 spiro atoms.